The summed E-state index contributed by atoms with van der Waals surface area (Å²) < 4.78 is 73.0. The fraction of sp³-hybridized carbons (Fsp3) is 0. The lowest BCUT2D eigenvalue weighted by Crippen LogP contribution is -2.16. The van der Waals surface area contributed by atoms with E-state index < -0.39 is 49.4 Å². The van der Waals surface area contributed by atoms with Crippen molar-refractivity contribution in [3.8, 4) is 11.3 Å². The Morgan fingerprint density at radius 3 is 2.62 bits per heavy atom. The van der Waals surface area contributed by atoms with E-state index in [9.17, 15) is 22.0 Å². The van der Waals surface area contributed by atoms with Crippen LogP contribution in [-0.2, 0) is 10.0 Å². The number of H-pyrrole nitrogens is 1. The van der Waals surface area contributed by atoms with Crippen molar-refractivity contribution in [3.05, 3.63) is 114 Å². The second-order valence-corrected chi connectivity index (χ2v) is 10.2. The number of anilines is 1. The van der Waals surface area contributed by atoms with Gasteiger partial charge in [0.2, 0.25) is 5.78 Å². The van der Waals surface area contributed by atoms with Gasteiger partial charge in [0.1, 0.15) is 22.9 Å². The van der Waals surface area contributed by atoms with Crippen molar-refractivity contribution in [2.24, 2.45) is 0 Å². The molecule has 0 bridgehead atoms. The zero-order chi connectivity index (χ0) is 27.3. The Labute approximate surface area is 218 Å². The number of pyridine rings is 2. The Kier molecular flexibility index (Phi) is 5.69. The highest BCUT2D eigenvalue weighted by atomic mass is 32.2. The molecular weight excluding hydrogens is 531 g/mol. The number of imidazole rings is 1. The van der Waals surface area contributed by atoms with Crippen LogP contribution in [0.3, 0.4) is 0 Å². The monoisotopic (exact) mass is 547 g/mol. The molecule has 0 radical (unpaired) electrons. The molecule has 39 heavy (non-hydrogen) atoms. The van der Waals surface area contributed by atoms with Gasteiger partial charge in [0, 0.05) is 41.3 Å². The summed E-state index contributed by atoms with van der Waals surface area (Å²) in [4.78, 5) is 24.4. The second-order valence-electron chi connectivity index (χ2n) is 8.56. The van der Waals surface area contributed by atoms with E-state index in [0.717, 1.165) is 36.0 Å². The molecule has 0 aliphatic carbocycles. The van der Waals surface area contributed by atoms with Crippen LogP contribution >= 0.6 is 0 Å². The van der Waals surface area contributed by atoms with E-state index in [2.05, 4.69) is 15.0 Å². The number of nitrogens with zero attached hydrogens (tertiary/aromatic N) is 3. The van der Waals surface area contributed by atoms with Crippen LogP contribution in [0.15, 0.2) is 90.3 Å². The Bertz CT molecular complexity index is 2040. The molecule has 0 saturated heterocycles. The zero-order valence-corrected chi connectivity index (χ0v) is 20.5. The topological polar surface area (TPSA) is 109 Å². The highest BCUT2D eigenvalue weighted by Crippen LogP contribution is 2.30. The van der Waals surface area contributed by atoms with Crippen LogP contribution in [0.4, 0.5) is 18.9 Å². The molecule has 0 fully saturated rings. The van der Waals surface area contributed by atoms with Gasteiger partial charge >= 0.3 is 0 Å². The number of benzene rings is 2. The molecular formula is C27H16F3N5O3S. The maximum Gasteiger partial charge on any atom is 0.262 e. The van der Waals surface area contributed by atoms with Crippen LogP contribution < -0.4 is 4.72 Å². The minimum absolute atomic E-state index is 0.0694. The number of carbonyl (C=O) groups excluding carboxylic acids is 1. The van der Waals surface area contributed by atoms with E-state index in [4.69, 9.17) is 0 Å². The van der Waals surface area contributed by atoms with E-state index in [0.29, 0.717) is 22.2 Å². The number of sulfonamides is 1. The average Bonchev–Trinajstić information content (AvgIpc) is 3.57. The van der Waals surface area contributed by atoms with Gasteiger partial charge in [0.25, 0.3) is 10.0 Å². The van der Waals surface area contributed by atoms with Gasteiger partial charge in [-0.15, -0.1) is 0 Å². The van der Waals surface area contributed by atoms with Crippen LogP contribution in [0, 0.1) is 17.5 Å². The highest BCUT2D eigenvalue weighted by Gasteiger charge is 2.27. The summed E-state index contributed by atoms with van der Waals surface area (Å²) >= 11 is 0. The first-order valence-corrected chi connectivity index (χ1v) is 12.9. The van der Waals surface area contributed by atoms with E-state index in [-0.39, 0.29) is 5.56 Å². The predicted molar refractivity (Wildman–Crippen MR) is 137 cm³/mol. The van der Waals surface area contributed by atoms with Gasteiger partial charge in [0.15, 0.2) is 5.82 Å². The number of aromatic nitrogens is 4. The molecule has 4 heterocycles. The summed E-state index contributed by atoms with van der Waals surface area (Å²) in [5, 5.41) is 0.305. The number of halogens is 3. The van der Waals surface area contributed by atoms with E-state index in [1.54, 1.807) is 24.7 Å². The Hall–Kier alpha value is -4.97. The van der Waals surface area contributed by atoms with Gasteiger partial charge in [-0.2, -0.15) is 0 Å². The Balaban J connectivity index is 1.41. The van der Waals surface area contributed by atoms with Crippen molar-refractivity contribution in [2.45, 2.75) is 4.90 Å². The number of hydrogen-bond acceptors (Lipinski definition) is 5. The van der Waals surface area contributed by atoms with Gasteiger partial charge in [-0.25, -0.2) is 31.6 Å². The van der Waals surface area contributed by atoms with Crippen molar-refractivity contribution in [3.63, 3.8) is 0 Å². The summed E-state index contributed by atoms with van der Waals surface area (Å²) in [5.41, 5.74) is 0.651. The fourth-order valence-electron chi connectivity index (χ4n) is 4.33. The molecule has 12 heteroatoms. The normalized spacial score (nSPS) is 11.8. The summed E-state index contributed by atoms with van der Waals surface area (Å²) in [5.74, 6) is -4.44. The van der Waals surface area contributed by atoms with Crippen molar-refractivity contribution >= 4 is 38.2 Å². The summed E-state index contributed by atoms with van der Waals surface area (Å²) in [7, 11) is -4.44. The standard InChI is InChI=1S/C27H16F3N5O3S/c28-16-3-1-4-17(12-16)39(37,38)34-21-8-7-20(29)24(25(21)30)26(36)19-14-33-27-18(19)11-15(13-32-27)22-5-2-6-23-31-9-10-35(22)23/h1-14,34H,(H,32,33). The maximum absolute atomic E-state index is 15.5. The van der Waals surface area contributed by atoms with Gasteiger partial charge in [-0.3, -0.25) is 13.9 Å². The molecule has 0 unspecified atom stereocenters. The lowest BCUT2D eigenvalue weighted by molar-refractivity contribution is 0.103. The first-order chi connectivity index (χ1) is 18.7. The molecule has 6 rings (SSSR count). The molecule has 0 aliphatic rings. The SMILES string of the molecule is O=C(c1c(F)ccc(NS(=O)(=O)c2cccc(F)c2)c1F)c1c[nH]c2ncc(-c3cccc4nccn34)cc12. The number of ketones is 1. The molecule has 0 spiro atoms. The molecule has 6 aromatic rings. The molecule has 0 aliphatic heterocycles. The van der Waals surface area contributed by atoms with Crippen molar-refractivity contribution < 1.29 is 26.4 Å². The number of hydrogen-bond donors (Lipinski definition) is 2. The minimum atomic E-state index is -4.44. The molecule has 0 amide bonds. The highest BCUT2D eigenvalue weighted by molar-refractivity contribution is 7.92. The van der Waals surface area contributed by atoms with E-state index in [1.165, 1.54) is 12.3 Å². The minimum Gasteiger partial charge on any atom is -0.345 e. The van der Waals surface area contributed by atoms with E-state index >= 15 is 4.39 Å². The molecule has 8 nitrogen and oxygen atoms in total. The summed E-state index contributed by atoms with van der Waals surface area (Å²) in [6, 6.07) is 12.8. The molecule has 4 aromatic heterocycles. The third-order valence-corrected chi connectivity index (χ3v) is 7.53. The summed E-state index contributed by atoms with van der Waals surface area (Å²) in [6.07, 6.45) is 6.27. The number of aromatic amines is 1. The second kappa shape index (κ2) is 9.10. The molecule has 2 N–H and O–H groups in total. The quantitative estimate of drug-likeness (QED) is 0.274. The molecule has 2 aromatic carbocycles. The van der Waals surface area contributed by atoms with Gasteiger partial charge < -0.3 is 4.98 Å². The van der Waals surface area contributed by atoms with Crippen molar-refractivity contribution in [1.29, 1.82) is 0 Å². The zero-order valence-electron chi connectivity index (χ0n) is 19.7. The van der Waals surface area contributed by atoms with Crippen LogP contribution in [0.5, 0.6) is 0 Å². The van der Waals surface area contributed by atoms with Crippen LogP contribution in [-0.4, -0.2) is 33.6 Å². The molecule has 0 saturated carbocycles. The first-order valence-electron chi connectivity index (χ1n) is 11.4. The third kappa shape index (κ3) is 4.20. The van der Waals surface area contributed by atoms with Crippen molar-refractivity contribution in [2.75, 3.05) is 4.72 Å². The van der Waals surface area contributed by atoms with E-state index in [1.807, 2.05) is 27.3 Å². The van der Waals surface area contributed by atoms with Gasteiger partial charge in [0.05, 0.1) is 21.8 Å². The Morgan fingerprint density at radius 2 is 1.79 bits per heavy atom. The lowest BCUT2D eigenvalue weighted by Gasteiger charge is -2.12. The molecule has 0 atom stereocenters. The smallest absolute Gasteiger partial charge is 0.262 e. The van der Waals surface area contributed by atoms with Crippen LogP contribution in [0.1, 0.15) is 15.9 Å². The molecule has 194 valence electrons. The van der Waals surface area contributed by atoms with Crippen LogP contribution in [0.25, 0.3) is 27.9 Å². The number of rotatable bonds is 6. The third-order valence-electron chi connectivity index (χ3n) is 6.17. The number of nitrogens with one attached hydrogen (secondary N) is 2. The average molecular weight is 548 g/mol. The predicted octanol–water partition coefficient (Wildman–Crippen LogP) is 5.33. The van der Waals surface area contributed by atoms with Gasteiger partial charge in [-0.05, 0) is 48.5 Å². The largest absolute Gasteiger partial charge is 0.345 e. The maximum atomic E-state index is 15.5. The lowest BCUT2D eigenvalue weighted by atomic mass is 10.0. The summed E-state index contributed by atoms with van der Waals surface area (Å²) in [6.45, 7) is 0. The number of fused-ring (bicyclic) bond motifs is 2. The van der Waals surface area contributed by atoms with Gasteiger partial charge in [-0.1, -0.05) is 12.1 Å². The fourth-order valence-corrected chi connectivity index (χ4v) is 5.42. The first kappa shape index (κ1) is 24.4. The van der Waals surface area contributed by atoms with Crippen molar-refractivity contribution in [1.82, 2.24) is 19.4 Å². The van der Waals surface area contributed by atoms with Crippen LogP contribution in [0.2, 0.25) is 0 Å². The Morgan fingerprint density at radius 1 is 0.974 bits per heavy atom. The number of carbonyl (C=O) groups is 1.